The number of nitrogens with one attached hydrogen (secondary N) is 1. The lowest BCUT2D eigenvalue weighted by atomic mass is 10.2. The number of carboxylic acid groups (broad SMARTS) is 1. The van der Waals surface area contributed by atoms with E-state index in [-0.39, 0.29) is 22.8 Å². The van der Waals surface area contributed by atoms with E-state index >= 15 is 0 Å². The summed E-state index contributed by atoms with van der Waals surface area (Å²) < 4.78 is 20.9. The van der Waals surface area contributed by atoms with E-state index in [0.717, 1.165) is 0 Å². The van der Waals surface area contributed by atoms with E-state index in [1.54, 1.807) is 33.8 Å². The molecule has 1 aromatic carbocycles. The Labute approximate surface area is 149 Å². The molecule has 8 heteroatoms. The van der Waals surface area contributed by atoms with Crippen LogP contribution in [0.5, 0.6) is 0 Å². The Hall–Kier alpha value is -2.28. The van der Waals surface area contributed by atoms with Gasteiger partial charge in [0, 0.05) is 18.0 Å². The molecule has 2 aromatic rings. The molecule has 0 aliphatic rings. The van der Waals surface area contributed by atoms with Crippen LogP contribution in [0.1, 0.15) is 44.2 Å². The van der Waals surface area contributed by atoms with E-state index in [1.165, 1.54) is 16.7 Å². The van der Waals surface area contributed by atoms with Gasteiger partial charge < -0.3 is 19.7 Å². The van der Waals surface area contributed by atoms with Crippen molar-refractivity contribution >= 4 is 34.6 Å². The maximum Gasteiger partial charge on any atom is 0.407 e. The van der Waals surface area contributed by atoms with E-state index in [1.807, 2.05) is 0 Å². The number of aromatic nitrogens is 1. The van der Waals surface area contributed by atoms with Crippen LogP contribution in [0.3, 0.4) is 0 Å². The lowest BCUT2D eigenvalue weighted by molar-refractivity contribution is 0.0521. The first-order valence-electron chi connectivity index (χ1n) is 7.70. The molecule has 2 N–H and O–H groups in total. The number of carbonyl (C=O) groups excluding carboxylic acids is 1. The van der Waals surface area contributed by atoms with Crippen molar-refractivity contribution in [2.24, 2.45) is 0 Å². The first kappa shape index (κ1) is 19.1. The predicted octanol–water partition coefficient (Wildman–Crippen LogP) is 4.22. The van der Waals surface area contributed by atoms with Gasteiger partial charge in [-0.1, -0.05) is 17.7 Å². The van der Waals surface area contributed by atoms with Gasteiger partial charge in [0.25, 0.3) is 0 Å². The molecule has 0 spiro atoms. The Morgan fingerprint density at radius 2 is 2.04 bits per heavy atom. The number of nitrogens with zero attached hydrogens (tertiary/aromatic N) is 1. The number of alkyl carbamates (subject to hydrolysis) is 1. The molecule has 0 aliphatic carbocycles. The second kappa shape index (κ2) is 6.92. The molecule has 1 heterocycles. The van der Waals surface area contributed by atoms with Gasteiger partial charge in [0.05, 0.1) is 10.5 Å². The van der Waals surface area contributed by atoms with Gasteiger partial charge in [-0.3, -0.25) is 0 Å². The zero-order valence-electron chi connectivity index (χ0n) is 14.4. The van der Waals surface area contributed by atoms with E-state index in [9.17, 15) is 19.1 Å². The molecule has 2 rings (SSSR count). The number of hydrogen-bond acceptors (Lipinski definition) is 3. The minimum absolute atomic E-state index is 0.0604. The van der Waals surface area contributed by atoms with Gasteiger partial charge in [0.2, 0.25) is 0 Å². The Balaban J connectivity index is 2.35. The number of carboxylic acids is 1. The zero-order valence-corrected chi connectivity index (χ0v) is 15.1. The summed E-state index contributed by atoms with van der Waals surface area (Å²) in [7, 11) is 0. The van der Waals surface area contributed by atoms with Gasteiger partial charge in [-0.25, -0.2) is 14.0 Å². The summed E-state index contributed by atoms with van der Waals surface area (Å²) in [6.45, 7) is 6.93. The maximum absolute atomic E-state index is 14.5. The molecule has 1 aromatic heterocycles. The van der Waals surface area contributed by atoms with Crippen LogP contribution in [0.2, 0.25) is 5.02 Å². The first-order chi connectivity index (χ1) is 11.5. The molecule has 25 heavy (non-hydrogen) atoms. The average Bonchev–Trinajstić information content (AvgIpc) is 2.87. The summed E-state index contributed by atoms with van der Waals surface area (Å²) in [4.78, 5) is 23.3. The monoisotopic (exact) mass is 370 g/mol. The average molecular weight is 371 g/mol. The van der Waals surface area contributed by atoms with E-state index in [2.05, 4.69) is 5.32 Å². The summed E-state index contributed by atoms with van der Waals surface area (Å²) in [5.74, 6) is -1.90. The van der Waals surface area contributed by atoms with Gasteiger partial charge in [-0.2, -0.15) is 0 Å². The lowest BCUT2D eigenvalue weighted by Gasteiger charge is -2.22. The number of hydrogen-bond donors (Lipinski definition) is 2. The van der Waals surface area contributed by atoms with Crippen molar-refractivity contribution in [3.05, 3.63) is 34.7 Å². The van der Waals surface area contributed by atoms with Crippen LogP contribution in [0.15, 0.2) is 18.2 Å². The highest BCUT2D eigenvalue weighted by atomic mass is 35.5. The molecular formula is C17H20ClFN2O4. The number of fused-ring (bicyclic) bond motifs is 1. The van der Waals surface area contributed by atoms with E-state index in [4.69, 9.17) is 16.3 Å². The van der Waals surface area contributed by atoms with Crippen molar-refractivity contribution < 1.29 is 23.8 Å². The number of amides is 1. The number of halogens is 2. The summed E-state index contributed by atoms with van der Waals surface area (Å²) in [5, 5.41) is 12.3. The lowest BCUT2D eigenvalue weighted by Crippen LogP contribution is -2.35. The summed E-state index contributed by atoms with van der Waals surface area (Å²) >= 11 is 5.83. The van der Waals surface area contributed by atoms with Crippen molar-refractivity contribution in [1.29, 1.82) is 0 Å². The largest absolute Gasteiger partial charge is 0.477 e. The van der Waals surface area contributed by atoms with E-state index in [0.29, 0.717) is 5.39 Å². The van der Waals surface area contributed by atoms with Gasteiger partial charge in [0.15, 0.2) is 5.82 Å². The third-order valence-electron chi connectivity index (χ3n) is 3.49. The van der Waals surface area contributed by atoms with Crippen molar-refractivity contribution in [2.45, 2.75) is 39.3 Å². The number of aromatic carboxylic acids is 1. The standard InChI is InChI=1S/C17H20ClFN2O4/c1-9(8-20-16(24)25-17(2,3)4)21-12(15(22)23)7-10-5-6-11(18)13(19)14(10)21/h5-7,9H,8H2,1-4H3,(H,20,24)(H,22,23)/t9-/m1/s1. The Bertz CT molecular complexity index is 826. The number of benzene rings is 1. The number of rotatable bonds is 4. The number of ether oxygens (including phenoxy) is 1. The maximum atomic E-state index is 14.5. The molecule has 136 valence electrons. The van der Waals surface area contributed by atoms with Crippen LogP contribution in [-0.4, -0.2) is 33.9 Å². The summed E-state index contributed by atoms with van der Waals surface area (Å²) in [6.07, 6.45) is -0.633. The highest BCUT2D eigenvalue weighted by Crippen LogP contribution is 2.30. The van der Waals surface area contributed by atoms with Crippen molar-refractivity contribution in [1.82, 2.24) is 9.88 Å². The van der Waals surface area contributed by atoms with Crippen LogP contribution in [0.25, 0.3) is 10.9 Å². The second-order valence-electron chi connectivity index (χ2n) is 6.74. The van der Waals surface area contributed by atoms with Crippen molar-refractivity contribution in [3.8, 4) is 0 Å². The fourth-order valence-corrected chi connectivity index (χ4v) is 2.67. The van der Waals surface area contributed by atoms with Crippen molar-refractivity contribution in [3.63, 3.8) is 0 Å². The third kappa shape index (κ3) is 4.22. The normalized spacial score (nSPS) is 12.9. The Morgan fingerprint density at radius 3 is 2.60 bits per heavy atom. The van der Waals surface area contributed by atoms with Crippen LogP contribution < -0.4 is 5.32 Å². The Morgan fingerprint density at radius 1 is 1.40 bits per heavy atom. The fraction of sp³-hybridized carbons (Fsp3) is 0.412. The molecule has 0 radical (unpaired) electrons. The number of carbonyl (C=O) groups is 2. The van der Waals surface area contributed by atoms with Gasteiger partial charge in [-0.15, -0.1) is 0 Å². The van der Waals surface area contributed by atoms with Gasteiger partial charge in [-0.05, 0) is 39.8 Å². The van der Waals surface area contributed by atoms with Crippen LogP contribution in [-0.2, 0) is 4.74 Å². The Kier molecular flexibility index (Phi) is 5.27. The second-order valence-corrected chi connectivity index (χ2v) is 7.14. The molecule has 1 atom stereocenters. The van der Waals surface area contributed by atoms with Gasteiger partial charge >= 0.3 is 12.1 Å². The molecule has 6 nitrogen and oxygen atoms in total. The molecular weight excluding hydrogens is 351 g/mol. The minimum atomic E-state index is -1.20. The first-order valence-corrected chi connectivity index (χ1v) is 8.08. The molecule has 0 bridgehead atoms. The van der Waals surface area contributed by atoms with Crippen LogP contribution in [0.4, 0.5) is 9.18 Å². The van der Waals surface area contributed by atoms with E-state index < -0.39 is 29.5 Å². The minimum Gasteiger partial charge on any atom is -0.477 e. The molecule has 0 unspecified atom stereocenters. The quantitative estimate of drug-likeness (QED) is 0.844. The zero-order chi connectivity index (χ0) is 18.9. The molecule has 1 amide bonds. The predicted molar refractivity (Wildman–Crippen MR) is 92.8 cm³/mol. The van der Waals surface area contributed by atoms with Gasteiger partial charge in [0.1, 0.15) is 11.3 Å². The fourth-order valence-electron chi connectivity index (χ4n) is 2.51. The summed E-state index contributed by atoms with van der Waals surface area (Å²) in [6, 6.07) is 3.77. The smallest absolute Gasteiger partial charge is 0.407 e. The molecule has 0 saturated heterocycles. The summed E-state index contributed by atoms with van der Waals surface area (Å²) in [5.41, 5.74) is -0.655. The molecule has 0 fully saturated rings. The van der Waals surface area contributed by atoms with Crippen LogP contribution in [0, 0.1) is 5.82 Å². The SMILES string of the molecule is C[C@H](CNC(=O)OC(C)(C)C)n1c(C(=O)O)cc2ccc(Cl)c(F)c21. The highest BCUT2D eigenvalue weighted by Gasteiger charge is 2.23. The highest BCUT2D eigenvalue weighted by molar-refractivity contribution is 6.31. The molecule has 0 aliphatic heterocycles. The van der Waals surface area contributed by atoms with Crippen molar-refractivity contribution in [2.75, 3.05) is 6.54 Å². The third-order valence-corrected chi connectivity index (χ3v) is 3.79. The topological polar surface area (TPSA) is 80.6 Å². The molecule has 0 saturated carbocycles. The van der Waals surface area contributed by atoms with Crippen LogP contribution >= 0.6 is 11.6 Å².